The lowest BCUT2D eigenvalue weighted by Gasteiger charge is -2.29. The van der Waals surface area contributed by atoms with Crippen LogP contribution in [0.15, 0.2) is 18.3 Å². The van der Waals surface area contributed by atoms with E-state index in [1.54, 1.807) is 0 Å². The molecule has 0 saturated heterocycles. The summed E-state index contributed by atoms with van der Waals surface area (Å²) in [5.74, 6) is 2.46. The second kappa shape index (κ2) is 5.72. The summed E-state index contributed by atoms with van der Waals surface area (Å²) in [5, 5.41) is -0.0805. The Morgan fingerprint density at radius 2 is 2.20 bits per heavy atom. The number of hydrogen-bond acceptors (Lipinski definition) is 2. The van der Waals surface area contributed by atoms with Crippen molar-refractivity contribution in [2.45, 2.75) is 51.5 Å². The predicted molar refractivity (Wildman–Crippen MR) is 82.9 cm³/mol. The van der Waals surface area contributed by atoms with Crippen LogP contribution >= 0.6 is 11.6 Å². The third kappa shape index (κ3) is 2.56. The molecule has 1 fully saturated rings. The lowest BCUT2D eigenvalue weighted by atomic mass is 9.80. The molecule has 0 bridgehead atoms. The van der Waals surface area contributed by atoms with Gasteiger partial charge in [0.25, 0.3) is 0 Å². The number of rotatable bonds is 3. The number of alkyl halides is 1. The maximum Gasteiger partial charge on any atom is 0.160 e. The third-order valence-corrected chi connectivity index (χ3v) is 4.79. The molecule has 0 spiro atoms. The van der Waals surface area contributed by atoms with Crippen LogP contribution in [0.5, 0.6) is 0 Å². The van der Waals surface area contributed by atoms with Crippen LogP contribution in [0.2, 0.25) is 0 Å². The van der Waals surface area contributed by atoms with Gasteiger partial charge in [-0.05, 0) is 37.3 Å². The minimum absolute atomic E-state index is 0.0805. The first-order valence-corrected chi connectivity index (χ1v) is 8.05. The summed E-state index contributed by atoms with van der Waals surface area (Å²) in [5.41, 5.74) is 1.94. The van der Waals surface area contributed by atoms with Gasteiger partial charge in [0.1, 0.15) is 11.3 Å². The van der Waals surface area contributed by atoms with E-state index in [9.17, 15) is 0 Å². The Hall–Kier alpha value is -1.09. The fraction of sp³-hybridized carbons (Fsp3) is 0.625. The van der Waals surface area contributed by atoms with Crippen LogP contribution in [-0.2, 0) is 6.54 Å². The zero-order valence-corrected chi connectivity index (χ0v) is 13.0. The molecule has 2 heterocycles. The average Bonchev–Trinajstić information content (AvgIpc) is 2.81. The second-order valence-electron chi connectivity index (χ2n) is 6.06. The average molecular weight is 292 g/mol. The Labute approximate surface area is 125 Å². The third-order valence-electron chi connectivity index (χ3n) is 4.60. The Morgan fingerprint density at radius 1 is 1.40 bits per heavy atom. The Balaban J connectivity index is 1.98. The molecule has 3 nitrogen and oxygen atoms in total. The lowest BCUT2D eigenvalue weighted by Crippen LogP contribution is -2.23. The monoisotopic (exact) mass is 291 g/mol. The van der Waals surface area contributed by atoms with E-state index in [0.29, 0.717) is 0 Å². The Bertz CT molecular complexity index is 590. The molecule has 108 valence electrons. The van der Waals surface area contributed by atoms with E-state index in [4.69, 9.17) is 11.6 Å². The molecule has 1 aliphatic rings. The molecule has 3 atom stereocenters. The van der Waals surface area contributed by atoms with E-state index in [2.05, 4.69) is 21.5 Å². The van der Waals surface area contributed by atoms with E-state index in [1.807, 2.05) is 25.3 Å². The maximum atomic E-state index is 6.32. The van der Waals surface area contributed by atoms with Crippen molar-refractivity contribution in [1.29, 1.82) is 0 Å². The molecule has 2 aromatic rings. The predicted octanol–water partition coefficient (Wildman–Crippen LogP) is 4.56. The summed E-state index contributed by atoms with van der Waals surface area (Å²) in [7, 11) is 0. The highest BCUT2D eigenvalue weighted by atomic mass is 35.5. The number of pyridine rings is 1. The van der Waals surface area contributed by atoms with Crippen molar-refractivity contribution in [2.75, 3.05) is 0 Å². The zero-order chi connectivity index (χ0) is 14.1. The number of halogens is 1. The van der Waals surface area contributed by atoms with Gasteiger partial charge in [0.2, 0.25) is 0 Å². The van der Waals surface area contributed by atoms with Gasteiger partial charge in [-0.25, -0.2) is 9.97 Å². The highest BCUT2D eigenvalue weighted by Crippen LogP contribution is 2.33. The van der Waals surface area contributed by atoms with E-state index in [1.165, 1.54) is 25.7 Å². The molecule has 0 radical (unpaired) electrons. The van der Waals surface area contributed by atoms with Crippen LogP contribution in [0.1, 0.15) is 50.7 Å². The van der Waals surface area contributed by atoms with E-state index < -0.39 is 0 Å². The van der Waals surface area contributed by atoms with Gasteiger partial charge in [-0.15, -0.1) is 11.6 Å². The minimum atomic E-state index is -0.0805. The highest BCUT2D eigenvalue weighted by molar-refractivity contribution is 6.20. The normalized spacial score (nSPS) is 24.9. The largest absolute Gasteiger partial charge is 0.311 e. The van der Waals surface area contributed by atoms with E-state index in [0.717, 1.165) is 35.4 Å². The lowest BCUT2D eigenvalue weighted by molar-refractivity contribution is 0.228. The second-order valence-corrected chi connectivity index (χ2v) is 6.72. The molecule has 0 amide bonds. The van der Waals surface area contributed by atoms with Gasteiger partial charge in [0, 0.05) is 12.7 Å². The van der Waals surface area contributed by atoms with Gasteiger partial charge in [-0.1, -0.05) is 26.2 Å². The van der Waals surface area contributed by atoms with Crippen molar-refractivity contribution in [3.05, 3.63) is 24.2 Å². The van der Waals surface area contributed by atoms with E-state index >= 15 is 0 Å². The molecule has 3 unspecified atom stereocenters. The molecular weight excluding hydrogens is 270 g/mol. The van der Waals surface area contributed by atoms with Crippen molar-refractivity contribution in [3.63, 3.8) is 0 Å². The van der Waals surface area contributed by atoms with Gasteiger partial charge in [-0.3, -0.25) is 0 Å². The molecule has 4 heteroatoms. The van der Waals surface area contributed by atoms with Gasteiger partial charge in [0.15, 0.2) is 5.65 Å². The maximum absolute atomic E-state index is 6.32. The van der Waals surface area contributed by atoms with Gasteiger partial charge in [-0.2, -0.15) is 0 Å². The van der Waals surface area contributed by atoms with Crippen molar-refractivity contribution < 1.29 is 0 Å². The number of nitrogens with zero attached hydrogens (tertiary/aromatic N) is 3. The summed E-state index contributed by atoms with van der Waals surface area (Å²) >= 11 is 6.32. The first-order valence-electron chi connectivity index (χ1n) is 7.62. The number of imidazole rings is 1. The highest BCUT2D eigenvalue weighted by Gasteiger charge is 2.24. The molecular formula is C16H22ClN3. The standard InChI is InChI=1S/C16H22ClN3/c1-11-6-3-4-7-13(11)10-20-15(12(2)17)19-14-8-5-9-18-16(14)20/h5,8-9,11-13H,3-4,6-7,10H2,1-2H3. The van der Waals surface area contributed by atoms with Gasteiger partial charge >= 0.3 is 0 Å². The fourth-order valence-electron chi connectivity index (χ4n) is 3.36. The fourth-order valence-corrected chi connectivity index (χ4v) is 3.53. The molecule has 0 N–H and O–H groups in total. The Morgan fingerprint density at radius 3 is 2.95 bits per heavy atom. The molecule has 1 saturated carbocycles. The molecule has 3 rings (SSSR count). The van der Waals surface area contributed by atoms with Crippen molar-refractivity contribution >= 4 is 22.8 Å². The number of aromatic nitrogens is 3. The number of hydrogen-bond donors (Lipinski definition) is 0. The smallest absolute Gasteiger partial charge is 0.160 e. The van der Waals surface area contributed by atoms with Crippen molar-refractivity contribution in [1.82, 2.24) is 14.5 Å². The summed E-state index contributed by atoms with van der Waals surface area (Å²) in [4.78, 5) is 9.19. The van der Waals surface area contributed by atoms with E-state index in [-0.39, 0.29) is 5.38 Å². The van der Waals surface area contributed by atoms with Crippen LogP contribution in [0.25, 0.3) is 11.2 Å². The molecule has 2 aromatic heterocycles. The summed E-state index contributed by atoms with van der Waals surface area (Å²) in [6.07, 6.45) is 7.22. The topological polar surface area (TPSA) is 30.7 Å². The van der Waals surface area contributed by atoms with Crippen LogP contribution < -0.4 is 0 Å². The zero-order valence-electron chi connectivity index (χ0n) is 12.2. The van der Waals surface area contributed by atoms with Crippen LogP contribution in [0.4, 0.5) is 0 Å². The summed E-state index contributed by atoms with van der Waals surface area (Å²) < 4.78 is 2.25. The SMILES string of the molecule is CC(Cl)c1nc2cccnc2n1CC1CCCCC1C. The summed E-state index contributed by atoms with van der Waals surface area (Å²) in [6.45, 7) is 5.37. The number of fused-ring (bicyclic) bond motifs is 1. The molecule has 0 aliphatic heterocycles. The van der Waals surface area contributed by atoms with Crippen molar-refractivity contribution in [3.8, 4) is 0 Å². The van der Waals surface area contributed by atoms with Crippen LogP contribution in [0.3, 0.4) is 0 Å². The van der Waals surface area contributed by atoms with Crippen LogP contribution in [0, 0.1) is 11.8 Å². The summed E-state index contributed by atoms with van der Waals surface area (Å²) in [6, 6.07) is 3.96. The molecule has 1 aliphatic carbocycles. The molecule has 0 aromatic carbocycles. The van der Waals surface area contributed by atoms with Gasteiger partial charge in [0.05, 0.1) is 5.38 Å². The van der Waals surface area contributed by atoms with Crippen molar-refractivity contribution in [2.24, 2.45) is 11.8 Å². The first-order chi connectivity index (χ1) is 9.66. The first kappa shape index (κ1) is 13.9. The molecule has 20 heavy (non-hydrogen) atoms. The quantitative estimate of drug-likeness (QED) is 0.776. The van der Waals surface area contributed by atoms with Crippen LogP contribution in [-0.4, -0.2) is 14.5 Å². The minimum Gasteiger partial charge on any atom is -0.311 e. The Kier molecular flexibility index (Phi) is 3.97. The van der Waals surface area contributed by atoms with Gasteiger partial charge < -0.3 is 4.57 Å².